The minimum Gasteiger partial charge on any atom is -0.454 e. The first kappa shape index (κ1) is 10.5. The molecule has 4 nitrogen and oxygen atoms in total. The molecule has 0 aliphatic rings. The average Bonchev–Trinajstić information content (AvgIpc) is 2.66. The number of nitrogen functional groups attached to an aromatic ring is 1. The zero-order chi connectivity index (χ0) is 11.4. The van der Waals surface area contributed by atoms with Crippen molar-refractivity contribution in [2.45, 2.75) is 19.9 Å². The van der Waals surface area contributed by atoms with E-state index in [0.717, 1.165) is 24.5 Å². The van der Waals surface area contributed by atoms with Crippen LogP contribution in [0, 0.1) is 0 Å². The third-order valence-electron chi connectivity index (χ3n) is 2.16. The van der Waals surface area contributed by atoms with E-state index < -0.39 is 0 Å². The molecule has 0 saturated carbocycles. The van der Waals surface area contributed by atoms with E-state index in [1.54, 1.807) is 12.3 Å². The van der Waals surface area contributed by atoms with Crippen LogP contribution in [0.1, 0.15) is 13.3 Å². The van der Waals surface area contributed by atoms with Crippen molar-refractivity contribution in [1.82, 2.24) is 9.78 Å². The molecule has 0 atom stereocenters. The van der Waals surface area contributed by atoms with Gasteiger partial charge in [-0.25, -0.2) is 0 Å². The summed E-state index contributed by atoms with van der Waals surface area (Å²) in [5.41, 5.74) is 6.36. The molecule has 2 N–H and O–H groups in total. The molecule has 2 rings (SSSR count). The van der Waals surface area contributed by atoms with Crippen molar-refractivity contribution < 1.29 is 4.74 Å². The van der Waals surface area contributed by atoms with Gasteiger partial charge in [0.2, 0.25) is 0 Å². The number of nitrogens with two attached hydrogens (primary N) is 1. The summed E-state index contributed by atoms with van der Waals surface area (Å²) in [6.45, 7) is 3.01. The lowest BCUT2D eigenvalue weighted by molar-refractivity contribution is 0.481. The van der Waals surface area contributed by atoms with Crippen LogP contribution in [0.25, 0.3) is 0 Å². The number of hydrogen-bond acceptors (Lipinski definition) is 3. The summed E-state index contributed by atoms with van der Waals surface area (Å²) in [6.07, 6.45) is 4.64. The van der Waals surface area contributed by atoms with Gasteiger partial charge in [0, 0.05) is 18.3 Å². The maximum absolute atomic E-state index is 5.66. The lowest BCUT2D eigenvalue weighted by Gasteiger charge is -2.02. The van der Waals surface area contributed by atoms with Gasteiger partial charge in [-0.3, -0.25) is 4.68 Å². The second kappa shape index (κ2) is 4.70. The maximum atomic E-state index is 5.66. The smallest absolute Gasteiger partial charge is 0.165 e. The Bertz CT molecular complexity index is 465. The molecule has 0 fully saturated rings. The minimum absolute atomic E-state index is 0.693. The second-order valence-corrected chi connectivity index (χ2v) is 3.61. The molecule has 0 aliphatic carbocycles. The molecule has 16 heavy (non-hydrogen) atoms. The van der Waals surface area contributed by atoms with Crippen molar-refractivity contribution in [3.63, 3.8) is 0 Å². The summed E-state index contributed by atoms with van der Waals surface area (Å²) < 4.78 is 7.49. The predicted molar refractivity (Wildman–Crippen MR) is 63.4 cm³/mol. The summed E-state index contributed by atoms with van der Waals surface area (Å²) in [7, 11) is 0. The highest BCUT2D eigenvalue weighted by molar-refractivity contribution is 5.44. The Morgan fingerprint density at radius 3 is 3.00 bits per heavy atom. The van der Waals surface area contributed by atoms with Crippen molar-refractivity contribution in [1.29, 1.82) is 0 Å². The topological polar surface area (TPSA) is 53.1 Å². The molecule has 0 unspecified atom stereocenters. The minimum atomic E-state index is 0.693. The number of hydrogen-bond donors (Lipinski definition) is 1. The van der Waals surface area contributed by atoms with Crippen LogP contribution in [-0.2, 0) is 6.54 Å². The highest BCUT2D eigenvalue weighted by Crippen LogP contribution is 2.22. The normalized spacial score (nSPS) is 10.3. The van der Waals surface area contributed by atoms with Crippen LogP contribution in [-0.4, -0.2) is 9.78 Å². The summed E-state index contributed by atoms with van der Waals surface area (Å²) in [6, 6.07) is 7.35. The fourth-order valence-corrected chi connectivity index (χ4v) is 1.46. The summed E-state index contributed by atoms with van der Waals surface area (Å²) in [5, 5.41) is 4.18. The predicted octanol–water partition coefficient (Wildman–Crippen LogP) is 2.67. The van der Waals surface area contributed by atoms with Crippen LogP contribution < -0.4 is 10.5 Å². The Kier molecular flexibility index (Phi) is 3.10. The van der Waals surface area contributed by atoms with Crippen LogP contribution in [0.4, 0.5) is 5.69 Å². The number of anilines is 1. The number of ether oxygens (including phenoxy) is 1. The van der Waals surface area contributed by atoms with Gasteiger partial charge in [-0.15, -0.1) is 0 Å². The molecule has 2 aromatic rings. The molecule has 0 saturated heterocycles. The van der Waals surface area contributed by atoms with Gasteiger partial charge in [0.25, 0.3) is 0 Å². The average molecular weight is 217 g/mol. The first-order valence-corrected chi connectivity index (χ1v) is 5.34. The van der Waals surface area contributed by atoms with Gasteiger partial charge in [0.1, 0.15) is 5.75 Å². The second-order valence-electron chi connectivity index (χ2n) is 3.61. The van der Waals surface area contributed by atoms with Crippen LogP contribution >= 0.6 is 0 Å². The molecule has 1 aromatic heterocycles. The maximum Gasteiger partial charge on any atom is 0.165 e. The van der Waals surface area contributed by atoms with E-state index >= 15 is 0 Å². The summed E-state index contributed by atoms with van der Waals surface area (Å²) >= 11 is 0. The van der Waals surface area contributed by atoms with Crippen LogP contribution in [0.15, 0.2) is 36.7 Å². The van der Waals surface area contributed by atoms with E-state index in [4.69, 9.17) is 10.5 Å². The zero-order valence-electron chi connectivity index (χ0n) is 9.26. The monoisotopic (exact) mass is 217 g/mol. The quantitative estimate of drug-likeness (QED) is 0.801. The van der Waals surface area contributed by atoms with Gasteiger partial charge in [-0.1, -0.05) is 13.0 Å². The molecule has 0 amide bonds. The zero-order valence-corrected chi connectivity index (χ0v) is 9.26. The molecular weight excluding hydrogens is 202 g/mol. The molecule has 0 bridgehead atoms. The molecule has 0 aliphatic heterocycles. The largest absolute Gasteiger partial charge is 0.454 e. The Hall–Kier alpha value is -1.97. The number of rotatable bonds is 4. The van der Waals surface area contributed by atoms with Crippen molar-refractivity contribution in [2.75, 3.05) is 5.73 Å². The molecule has 84 valence electrons. The van der Waals surface area contributed by atoms with E-state index in [-0.39, 0.29) is 0 Å². The lowest BCUT2D eigenvalue weighted by Crippen LogP contribution is -1.95. The molecular formula is C12H15N3O. The molecule has 0 spiro atoms. The van der Waals surface area contributed by atoms with Gasteiger partial charge >= 0.3 is 0 Å². The fraction of sp³-hybridized carbons (Fsp3) is 0.250. The molecule has 4 heteroatoms. The van der Waals surface area contributed by atoms with E-state index in [1.807, 2.05) is 29.1 Å². The van der Waals surface area contributed by atoms with Gasteiger partial charge in [-0.2, -0.15) is 5.10 Å². The van der Waals surface area contributed by atoms with E-state index in [1.165, 1.54) is 0 Å². The standard InChI is InChI=1S/C12H15N3O/c1-2-6-15-9-12(8-14-15)16-11-5-3-4-10(13)7-11/h3-5,7-9H,2,6,13H2,1H3. The van der Waals surface area contributed by atoms with Gasteiger partial charge in [-0.05, 0) is 18.6 Å². The SMILES string of the molecule is CCCn1cc(Oc2cccc(N)c2)cn1. The Morgan fingerprint density at radius 2 is 2.25 bits per heavy atom. The number of aryl methyl sites for hydroxylation is 1. The van der Waals surface area contributed by atoms with Gasteiger partial charge in [0.15, 0.2) is 5.75 Å². The number of aromatic nitrogens is 2. The fourth-order valence-electron chi connectivity index (χ4n) is 1.46. The third kappa shape index (κ3) is 2.53. The van der Waals surface area contributed by atoms with Crippen molar-refractivity contribution in [2.24, 2.45) is 0 Å². The third-order valence-corrected chi connectivity index (χ3v) is 2.16. The molecule has 0 radical (unpaired) electrons. The van der Waals surface area contributed by atoms with Crippen molar-refractivity contribution in [3.8, 4) is 11.5 Å². The molecule has 1 aromatic carbocycles. The Balaban J connectivity index is 2.08. The molecule has 1 heterocycles. The first-order valence-electron chi connectivity index (χ1n) is 5.34. The van der Waals surface area contributed by atoms with Gasteiger partial charge in [0.05, 0.1) is 12.4 Å². The Morgan fingerprint density at radius 1 is 1.38 bits per heavy atom. The number of nitrogens with zero attached hydrogens (tertiary/aromatic N) is 2. The Labute approximate surface area is 94.6 Å². The van der Waals surface area contributed by atoms with Crippen molar-refractivity contribution in [3.05, 3.63) is 36.7 Å². The van der Waals surface area contributed by atoms with E-state index in [2.05, 4.69) is 12.0 Å². The van der Waals surface area contributed by atoms with Gasteiger partial charge < -0.3 is 10.5 Å². The number of benzene rings is 1. The van der Waals surface area contributed by atoms with Crippen molar-refractivity contribution >= 4 is 5.69 Å². The van der Waals surface area contributed by atoms with E-state index in [0.29, 0.717) is 5.69 Å². The first-order chi connectivity index (χ1) is 7.78. The lowest BCUT2D eigenvalue weighted by atomic mass is 10.3. The van der Waals surface area contributed by atoms with Crippen LogP contribution in [0.2, 0.25) is 0 Å². The van der Waals surface area contributed by atoms with Crippen LogP contribution in [0.5, 0.6) is 11.5 Å². The summed E-state index contributed by atoms with van der Waals surface area (Å²) in [4.78, 5) is 0. The highest BCUT2D eigenvalue weighted by Gasteiger charge is 2.00. The highest BCUT2D eigenvalue weighted by atomic mass is 16.5. The summed E-state index contributed by atoms with van der Waals surface area (Å²) in [5.74, 6) is 1.47. The van der Waals surface area contributed by atoms with E-state index in [9.17, 15) is 0 Å². The van der Waals surface area contributed by atoms with Crippen LogP contribution in [0.3, 0.4) is 0 Å².